The number of hydrogen-bond donors (Lipinski definition) is 1. The molecule has 3 aromatic rings. The summed E-state index contributed by atoms with van der Waals surface area (Å²) in [5.74, 6) is 0.445. The summed E-state index contributed by atoms with van der Waals surface area (Å²) < 4.78 is 7.36. The molecule has 2 aliphatic heterocycles. The summed E-state index contributed by atoms with van der Waals surface area (Å²) in [6.07, 6.45) is 0.945. The molecular formula is C25H29N5O3. The summed E-state index contributed by atoms with van der Waals surface area (Å²) in [6.45, 7) is 5.32. The molecular weight excluding hydrogens is 418 g/mol. The average Bonchev–Trinajstić information content (AvgIpc) is 3.34. The number of benzene rings is 2. The van der Waals surface area contributed by atoms with Crippen LogP contribution in [-0.2, 0) is 20.9 Å². The Hall–Kier alpha value is -3.23. The van der Waals surface area contributed by atoms with Crippen molar-refractivity contribution < 1.29 is 14.3 Å². The SMILES string of the molecule is O=C(C[C@H]1C(=O)N(CCCN2CCOCC2)c2nc3ccccc3n21)NCc1ccccc1. The fourth-order valence-corrected chi connectivity index (χ4v) is 4.63. The van der Waals surface area contributed by atoms with Crippen LogP contribution in [0.1, 0.15) is 24.4 Å². The van der Waals surface area contributed by atoms with E-state index in [0.717, 1.165) is 55.9 Å². The molecule has 1 atom stereocenters. The second-order valence-corrected chi connectivity index (χ2v) is 8.55. The number of ether oxygens (including phenoxy) is 1. The number of nitrogens with one attached hydrogen (secondary N) is 1. The summed E-state index contributed by atoms with van der Waals surface area (Å²) in [4.78, 5) is 35.1. The van der Waals surface area contributed by atoms with Crippen LogP contribution >= 0.6 is 0 Å². The van der Waals surface area contributed by atoms with Crippen molar-refractivity contribution in [3.05, 3.63) is 60.2 Å². The zero-order chi connectivity index (χ0) is 22.6. The molecule has 5 rings (SSSR count). The number of amides is 2. The maximum atomic E-state index is 13.4. The van der Waals surface area contributed by atoms with Crippen LogP contribution in [0.15, 0.2) is 54.6 Å². The number of morpholine rings is 1. The Balaban J connectivity index is 1.30. The third-order valence-corrected chi connectivity index (χ3v) is 6.35. The van der Waals surface area contributed by atoms with Crippen LogP contribution < -0.4 is 10.2 Å². The first-order valence-electron chi connectivity index (χ1n) is 11.6. The fraction of sp³-hybridized carbons (Fsp3) is 0.400. The molecule has 8 nitrogen and oxygen atoms in total. The molecule has 3 heterocycles. The zero-order valence-corrected chi connectivity index (χ0v) is 18.7. The first-order valence-corrected chi connectivity index (χ1v) is 11.6. The lowest BCUT2D eigenvalue weighted by atomic mass is 10.1. The van der Waals surface area contributed by atoms with E-state index < -0.39 is 6.04 Å². The Bertz CT molecular complexity index is 1120. The smallest absolute Gasteiger partial charge is 0.253 e. The molecule has 1 N–H and O–H groups in total. The molecule has 0 radical (unpaired) electrons. The molecule has 1 fully saturated rings. The van der Waals surface area contributed by atoms with E-state index >= 15 is 0 Å². The fourth-order valence-electron chi connectivity index (χ4n) is 4.63. The van der Waals surface area contributed by atoms with E-state index in [9.17, 15) is 9.59 Å². The quantitative estimate of drug-likeness (QED) is 0.574. The van der Waals surface area contributed by atoms with Gasteiger partial charge in [-0.1, -0.05) is 42.5 Å². The number of fused-ring (bicyclic) bond motifs is 3. The molecule has 2 aromatic carbocycles. The minimum atomic E-state index is -0.577. The second-order valence-electron chi connectivity index (χ2n) is 8.55. The first-order chi connectivity index (χ1) is 16.2. The Morgan fingerprint density at radius 1 is 1.03 bits per heavy atom. The van der Waals surface area contributed by atoms with E-state index in [1.807, 2.05) is 59.2 Å². The lowest BCUT2D eigenvalue weighted by Gasteiger charge is -2.27. The molecule has 8 heteroatoms. The largest absolute Gasteiger partial charge is 0.379 e. The van der Waals surface area contributed by atoms with Gasteiger partial charge in [0.25, 0.3) is 5.91 Å². The van der Waals surface area contributed by atoms with Gasteiger partial charge in [0.2, 0.25) is 11.9 Å². The summed E-state index contributed by atoms with van der Waals surface area (Å²) in [7, 11) is 0. The van der Waals surface area contributed by atoms with Gasteiger partial charge in [-0.2, -0.15) is 0 Å². The van der Waals surface area contributed by atoms with Crippen molar-refractivity contribution in [1.82, 2.24) is 19.8 Å². The van der Waals surface area contributed by atoms with Crippen LogP contribution in [0.3, 0.4) is 0 Å². The molecule has 2 aliphatic rings. The molecule has 0 spiro atoms. The molecule has 0 saturated carbocycles. The van der Waals surface area contributed by atoms with E-state index in [2.05, 4.69) is 10.2 Å². The molecule has 0 unspecified atom stereocenters. The van der Waals surface area contributed by atoms with Crippen molar-refractivity contribution in [2.45, 2.75) is 25.4 Å². The van der Waals surface area contributed by atoms with E-state index in [1.165, 1.54) is 0 Å². The second kappa shape index (κ2) is 9.72. The van der Waals surface area contributed by atoms with Crippen LogP contribution in [0.25, 0.3) is 11.0 Å². The highest BCUT2D eigenvalue weighted by atomic mass is 16.5. The average molecular weight is 448 g/mol. The standard InChI is InChI=1S/C25H29N5O3/c31-23(26-18-19-7-2-1-3-8-19)17-22-24(32)29(12-6-11-28-13-15-33-16-14-28)25-27-20-9-4-5-10-21(20)30(22)25/h1-5,7-10,22H,6,11-18H2,(H,26,31)/t22-/m0/s1. The number of para-hydroxylation sites is 2. The molecule has 1 saturated heterocycles. The number of imidazole rings is 1. The number of rotatable bonds is 8. The van der Waals surface area contributed by atoms with Gasteiger partial charge in [-0.15, -0.1) is 0 Å². The number of hydrogen-bond acceptors (Lipinski definition) is 5. The minimum absolute atomic E-state index is 0.0555. The van der Waals surface area contributed by atoms with Gasteiger partial charge >= 0.3 is 0 Å². The highest BCUT2D eigenvalue weighted by Crippen LogP contribution is 2.36. The summed E-state index contributed by atoms with van der Waals surface area (Å²) >= 11 is 0. The van der Waals surface area contributed by atoms with Gasteiger partial charge in [0.05, 0.1) is 30.7 Å². The number of carbonyl (C=O) groups excluding carboxylic acids is 2. The Morgan fingerprint density at radius 2 is 1.79 bits per heavy atom. The van der Waals surface area contributed by atoms with Gasteiger partial charge in [0.15, 0.2) is 0 Å². The highest BCUT2D eigenvalue weighted by molar-refractivity contribution is 6.03. The first kappa shape index (κ1) is 21.6. The molecule has 0 bridgehead atoms. The van der Waals surface area contributed by atoms with E-state index in [1.54, 1.807) is 4.90 Å². The summed E-state index contributed by atoms with van der Waals surface area (Å²) in [6, 6.07) is 17.0. The van der Waals surface area contributed by atoms with Gasteiger partial charge in [-0.25, -0.2) is 4.98 Å². The van der Waals surface area contributed by atoms with Crippen molar-refractivity contribution in [2.75, 3.05) is 44.3 Å². The van der Waals surface area contributed by atoms with Crippen molar-refractivity contribution in [1.29, 1.82) is 0 Å². The van der Waals surface area contributed by atoms with Gasteiger partial charge in [0.1, 0.15) is 6.04 Å². The predicted octanol–water partition coefficient (Wildman–Crippen LogP) is 2.35. The molecule has 0 aliphatic carbocycles. The molecule has 33 heavy (non-hydrogen) atoms. The maximum Gasteiger partial charge on any atom is 0.253 e. The predicted molar refractivity (Wildman–Crippen MR) is 126 cm³/mol. The van der Waals surface area contributed by atoms with E-state index in [4.69, 9.17) is 9.72 Å². The third kappa shape index (κ3) is 4.62. The lowest BCUT2D eigenvalue weighted by molar-refractivity contribution is -0.127. The number of carbonyl (C=O) groups is 2. The van der Waals surface area contributed by atoms with Gasteiger partial charge < -0.3 is 10.1 Å². The van der Waals surface area contributed by atoms with Crippen molar-refractivity contribution in [3.63, 3.8) is 0 Å². The van der Waals surface area contributed by atoms with E-state index in [0.29, 0.717) is 19.0 Å². The van der Waals surface area contributed by atoms with Gasteiger partial charge in [0, 0.05) is 32.7 Å². The van der Waals surface area contributed by atoms with Crippen molar-refractivity contribution in [2.24, 2.45) is 0 Å². The monoisotopic (exact) mass is 447 g/mol. The molecule has 1 aromatic heterocycles. The number of nitrogens with zero attached hydrogens (tertiary/aromatic N) is 4. The maximum absolute atomic E-state index is 13.4. The molecule has 2 amide bonds. The van der Waals surface area contributed by atoms with Gasteiger partial charge in [-0.3, -0.25) is 24.0 Å². The minimum Gasteiger partial charge on any atom is -0.379 e. The number of anilines is 1. The van der Waals surface area contributed by atoms with Crippen LogP contribution in [0.4, 0.5) is 5.95 Å². The third-order valence-electron chi connectivity index (χ3n) is 6.35. The van der Waals surface area contributed by atoms with Crippen LogP contribution in [-0.4, -0.2) is 65.7 Å². The van der Waals surface area contributed by atoms with Crippen molar-refractivity contribution >= 4 is 28.8 Å². The lowest BCUT2D eigenvalue weighted by Crippen LogP contribution is -2.39. The van der Waals surface area contributed by atoms with Crippen LogP contribution in [0.2, 0.25) is 0 Å². The Morgan fingerprint density at radius 3 is 2.61 bits per heavy atom. The topological polar surface area (TPSA) is 79.7 Å². The van der Waals surface area contributed by atoms with Crippen LogP contribution in [0.5, 0.6) is 0 Å². The molecule has 172 valence electrons. The Labute approximate surface area is 193 Å². The summed E-state index contributed by atoms with van der Waals surface area (Å²) in [5.41, 5.74) is 2.76. The van der Waals surface area contributed by atoms with Gasteiger partial charge in [-0.05, 0) is 24.1 Å². The normalized spacial score (nSPS) is 18.6. The van der Waals surface area contributed by atoms with Crippen LogP contribution in [0, 0.1) is 0 Å². The summed E-state index contributed by atoms with van der Waals surface area (Å²) in [5, 5.41) is 2.96. The Kier molecular flexibility index (Phi) is 6.37. The highest BCUT2D eigenvalue weighted by Gasteiger charge is 2.40. The van der Waals surface area contributed by atoms with E-state index in [-0.39, 0.29) is 18.2 Å². The number of aromatic nitrogens is 2. The zero-order valence-electron chi connectivity index (χ0n) is 18.7. The van der Waals surface area contributed by atoms with Crippen molar-refractivity contribution in [3.8, 4) is 0 Å².